The van der Waals surface area contributed by atoms with E-state index in [1.54, 1.807) is 13.1 Å². The number of hydrogen-bond donors (Lipinski definition) is 2. The molecule has 2 N–H and O–H groups in total. The standard InChI is InChI=1S/C11H19N3O3/c1-9(10(2)15)7-12-14-5-3-13(4-6-14)8-11(16)17/h7,12H,3-6,8H2,1-2H3,(H,16,17)/b9-7-. The molecule has 0 spiro atoms. The molecule has 1 aliphatic heterocycles. The van der Waals surface area contributed by atoms with Gasteiger partial charge in [0.1, 0.15) is 0 Å². The number of Topliss-reactive ketones (excluding diaryl/α,β-unsaturated/α-hetero) is 1. The summed E-state index contributed by atoms with van der Waals surface area (Å²) in [5.74, 6) is -0.749. The summed E-state index contributed by atoms with van der Waals surface area (Å²) in [7, 11) is 0. The van der Waals surface area contributed by atoms with E-state index in [0.717, 1.165) is 13.1 Å². The zero-order valence-corrected chi connectivity index (χ0v) is 10.3. The van der Waals surface area contributed by atoms with Crippen molar-refractivity contribution < 1.29 is 14.7 Å². The number of carboxylic acids is 1. The number of ketones is 1. The highest BCUT2D eigenvalue weighted by Gasteiger charge is 2.17. The molecule has 1 heterocycles. The first-order valence-electron chi connectivity index (χ1n) is 5.62. The fraction of sp³-hybridized carbons (Fsp3) is 0.636. The Kier molecular flexibility index (Phi) is 5.11. The Bertz CT molecular complexity index is 320. The average molecular weight is 241 g/mol. The first kappa shape index (κ1) is 13.7. The fourth-order valence-corrected chi connectivity index (χ4v) is 1.52. The van der Waals surface area contributed by atoms with E-state index >= 15 is 0 Å². The molecule has 0 aromatic carbocycles. The summed E-state index contributed by atoms with van der Waals surface area (Å²) in [4.78, 5) is 23.4. The third-order valence-electron chi connectivity index (χ3n) is 2.75. The van der Waals surface area contributed by atoms with Crippen molar-refractivity contribution in [1.29, 1.82) is 0 Å². The van der Waals surface area contributed by atoms with Crippen LogP contribution < -0.4 is 5.43 Å². The van der Waals surface area contributed by atoms with Crippen LogP contribution in [0.4, 0.5) is 0 Å². The van der Waals surface area contributed by atoms with E-state index in [9.17, 15) is 9.59 Å². The highest BCUT2D eigenvalue weighted by atomic mass is 16.4. The molecular formula is C11H19N3O3. The molecule has 96 valence electrons. The summed E-state index contributed by atoms with van der Waals surface area (Å²) in [6, 6.07) is 0. The molecule has 0 aromatic heterocycles. The molecule has 0 atom stereocenters. The number of carboxylic acid groups (broad SMARTS) is 1. The van der Waals surface area contributed by atoms with Gasteiger partial charge in [0, 0.05) is 38.0 Å². The average Bonchev–Trinajstić information content (AvgIpc) is 2.26. The van der Waals surface area contributed by atoms with E-state index in [0.29, 0.717) is 18.7 Å². The van der Waals surface area contributed by atoms with Crippen LogP contribution in [0.5, 0.6) is 0 Å². The Balaban J connectivity index is 2.30. The molecule has 6 heteroatoms. The predicted octanol–water partition coefficient (Wildman–Crippen LogP) is -0.314. The minimum Gasteiger partial charge on any atom is -0.480 e. The first-order valence-corrected chi connectivity index (χ1v) is 5.62. The van der Waals surface area contributed by atoms with Gasteiger partial charge in [0.05, 0.1) is 6.54 Å². The number of hydrazine groups is 1. The molecule has 0 unspecified atom stereocenters. The smallest absolute Gasteiger partial charge is 0.317 e. The molecule has 1 saturated heterocycles. The molecule has 1 aliphatic rings. The van der Waals surface area contributed by atoms with Crippen molar-refractivity contribution in [2.45, 2.75) is 13.8 Å². The third kappa shape index (κ3) is 4.97. The molecule has 0 aromatic rings. The van der Waals surface area contributed by atoms with Crippen molar-refractivity contribution in [2.24, 2.45) is 0 Å². The number of carbonyl (C=O) groups excluding carboxylic acids is 1. The second-order valence-corrected chi connectivity index (χ2v) is 4.17. The Morgan fingerprint density at radius 2 is 1.82 bits per heavy atom. The molecule has 0 amide bonds. The Morgan fingerprint density at radius 1 is 1.24 bits per heavy atom. The lowest BCUT2D eigenvalue weighted by Gasteiger charge is -2.33. The molecule has 17 heavy (non-hydrogen) atoms. The van der Waals surface area contributed by atoms with Gasteiger partial charge in [-0.15, -0.1) is 0 Å². The molecule has 0 bridgehead atoms. The van der Waals surface area contributed by atoms with Gasteiger partial charge >= 0.3 is 5.97 Å². The van der Waals surface area contributed by atoms with Crippen LogP contribution in [-0.4, -0.2) is 59.5 Å². The number of nitrogens with one attached hydrogen (secondary N) is 1. The van der Waals surface area contributed by atoms with E-state index < -0.39 is 5.97 Å². The van der Waals surface area contributed by atoms with E-state index in [1.807, 2.05) is 9.91 Å². The van der Waals surface area contributed by atoms with Crippen LogP contribution in [0.25, 0.3) is 0 Å². The van der Waals surface area contributed by atoms with Gasteiger partial charge in [0.2, 0.25) is 0 Å². The van der Waals surface area contributed by atoms with Gasteiger partial charge in [0.25, 0.3) is 0 Å². The van der Waals surface area contributed by atoms with Gasteiger partial charge in [-0.25, -0.2) is 5.01 Å². The van der Waals surface area contributed by atoms with Crippen molar-refractivity contribution in [3.63, 3.8) is 0 Å². The van der Waals surface area contributed by atoms with Crippen LogP contribution in [0.2, 0.25) is 0 Å². The van der Waals surface area contributed by atoms with Crippen molar-refractivity contribution in [3.8, 4) is 0 Å². The summed E-state index contributed by atoms with van der Waals surface area (Å²) >= 11 is 0. The van der Waals surface area contributed by atoms with Crippen LogP contribution in [0.15, 0.2) is 11.8 Å². The fourth-order valence-electron chi connectivity index (χ4n) is 1.52. The normalized spacial score (nSPS) is 19.1. The predicted molar refractivity (Wildman–Crippen MR) is 63.2 cm³/mol. The molecule has 1 rings (SSSR count). The van der Waals surface area contributed by atoms with Crippen LogP contribution in [0.1, 0.15) is 13.8 Å². The van der Waals surface area contributed by atoms with Gasteiger partial charge < -0.3 is 10.5 Å². The lowest BCUT2D eigenvalue weighted by Crippen LogP contribution is -2.51. The van der Waals surface area contributed by atoms with E-state index in [2.05, 4.69) is 5.43 Å². The SMILES string of the molecule is CC(=O)/C(C)=C\NN1CCN(CC(=O)O)CC1. The van der Waals surface area contributed by atoms with Gasteiger partial charge in [-0.2, -0.15) is 0 Å². The number of carbonyl (C=O) groups is 2. The van der Waals surface area contributed by atoms with Crippen LogP contribution in [0.3, 0.4) is 0 Å². The summed E-state index contributed by atoms with van der Waals surface area (Å²) < 4.78 is 0. The maximum Gasteiger partial charge on any atom is 0.317 e. The second kappa shape index (κ2) is 6.36. The molecule has 0 saturated carbocycles. The van der Waals surface area contributed by atoms with Gasteiger partial charge in [-0.05, 0) is 13.8 Å². The van der Waals surface area contributed by atoms with Crippen molar-refractivity contribution in [1.82, 2.24) is 15.3 Å². The number of piperazine rings is 1. The third-order valence-corrected chi connectivity index (χ3v) is 2.75. The Labute approximate surface area is 101 Å². The lowest BCUT2D eigenvalue weighted by molar-refractivity contribution is -0.138. The summed E-state index contributed by atoms with van der Waals surface area (Å²) in [6.45, 7) is 6.30. The summed E-state index contributed by atoms with van der Waals surface area (Å²) in [6.07, 6.45) is 1.69. The lowest BCUT2D eigenvalue weighted by atomic mass is 10.2. The number of allylic oxidation sites excluding steroid dienone is 1. The molecule has 6 nitrogen and oxygen atoms in total. The van der Waals surface area contributed by atoms with E-state index in [-0.39, 0.29) is 12.3 Å². The summed E-state index contributed by atoms with van der Waals surface area (Å²) in [5.41, 5.74) is 3.73. The Hall–Kier alpha value is -1.40. The molecular weight excluding hydrogens is 222 g/mol. The van der Waals surface area contributed by atoms with Crippen molar-refractivity contribution in [2.75, 3.05) is 32.7 Å². The Morgan fingerprint density at radius 3 is 2.29 bits per heavy atom. The number of rotatable bonds is 5. The largest absolute Gasteiger partial charge is 0.480 e. The maximum absolute atomic E-state index is 11.0. The number of aliphatic carboxylic acids is 1. The monoisotopic (exact) mass is 241 g/mol. The van der Waals surface area contributed by atoms with Crippen LogP contribution >= 0.6 is 0 Å². The van der Waals surface area contributed by atoms with Crippen LogP contribution in [-0.2, 0) is 9.59 Å². The topological polar surface area (TPSA) is 72.9 Å². The summed E-state index contributed by atoms with van der Waals surface area (Å²) in [5, 5.41) is 10.6. The highest BCUT2D eigenvalue weighted by Crippen LogP contribution is 1.99. The maximum atomic E-state index is 11.0. The highest BCUT2D eigenvalue weighted by molar-refractivity contribution is 5.92. The second-order valence-electron chi connectivity index (χ2n) is 4.17. The number of nitrogens with zero attached hydrogens (tertiary/aromatic N) is 2. The van der Waals surface area contributed by atoms with Gasteiger partial charge in [-0.1, -0.05) is 0 Å². The first-order chi connectivity index (χ1) is 7.99. The zero-order chi connectivity index (χ0) is 12.8. The van der Waals surface area contributed by atoms with E-state index in [1.165, 1.54) is 6.92 Å². The van der Waals surface area contributed by atoms with E-state index in [4.69, 9.17) is 5.11 Å². The van der Waals surface area contributed by atoms with Crippen LogP contribution in [0, 0.1) is 0 Å². The molecule has 1 fully saturated rings. The molecule has 0 aliphatic carbocycles. The van der Waals surface area contributed by atoms with Gasteiger partial charge in [-0.3, -0.25) is 14.5 Å². The van der Waals surface area contributed by atoms with Gasteiger partial charge in [0.15, 0.2) is 5.78 Å². The van der Waals surface area contributed by atoms with Crippen molar-refractivity contribution >= 4 is 11.8 Å². The zero-order valence-electron chi connectivity index (χ0n) is 10.3. The minimum atomic E-state index is -0.793. The quantitative estimate of drug-likeness (QED) is 0.643. The molecule has 0 radical (unpaired) electrons. The number of hydrogen-bond acceptors (Lipinski definition) is 5. The van der Waals surface area contributed by atoms with Crippen molar-refractivity contribution in [3.05, 3.63) is 11.8 Å². The minimum absolute atomic E-state index is 0.0435.